The lowest BCUT2D eigenvalue weighted by molar-refractivity contribution is 0.102. The topological polar surface area (TPSA) is 46.5 Å². The first-order valence-corrected chi connectivity index (χ1v) is 6.75. The number of benzene rings is 1. The van der Waals surface area contributed by atoms with E-state index < -0.39 is 11.6 Å². The van der Waals surface area contributed by atoms with E-state index in [0.717, 1.165) is 35.2 Å². The fourth-order valence-electron chi connectivity index (χ4n) is 1.33. The van der Waals surface area contributed by atoms with Gasteiger partial charge in [-0.2, -0.15) is 0 Å². The molecule has 3 nitrogen and oxygen atoms in total. The Morgan fingerprint density at radius 3 is 2.63 bits per heavy atom. The van der Waals surface area contributed by atoms with E-state index in [1.807, 2.05) is 0 Å². The predicted octanol–water partition coefficient (Wildman–Crippen LogP) is 4.78. The first-order chi connectivity index (χ1) is 9.01. The molecule has 19 heavy (non-hydrogen) atoms. The molecule has 7 heteroatoms. The zero-order valence-corrected chi connectivity index (χ0v) is 11.3. The smallest absolute Gasteiger partial charge is 0.169 e. The van der Waals surface area contributed by atoms with Crippen molar-refractivity contribution in [1.29, 1.82) is 0 Å². The fourth-order valence-corrected chi connectivity index (χ4v) is 3.45. The predicted molar refractivity (Wildman–Crippen MR) is 70.3 cm³/mol. The van der Waals surface area contributed by atoms with Gasteiger partial charge in [0.05, 0.1) is 9.09 Å². The van der Waals surface area contributed by atoms with Gasteiger partial charge in [0.1, 0.15) is 17.3 Å². The maximum atomic E-state index is 13.5. The van der Waals surface area contributed by atoms with Gasteiger partial charge in [-0.15, -0.1) is 16.2 Å². The molecule has 0 spiro atoms. The third-order valence-corrected chi connectivity index (χ3v) is 4.69. The van der Waals surface area contributed by atoms with Gasteiger partial charge < -0.3 is 0 Å². The Kier molecular flexibility index (Phi) is 4.06. The molecule has 0 amide bonds. The maximum Gasteiger partial charge on any atom is 0.169 e. The summed E-state index contributed by atoms with van der Waals surface area (Å²) in [5.41, 5.74) is 0.0870. The molecule has 1 aromatic carbocycles. The molecule has 0 aliphatic carbocycles. The largest absolute Gasteiger partial charge is 0.294 e. The summed E-state index contributed by atoms with van der Waals surface area (Å²) in [5.74, 6) is -1.59. The third kappa shape index (κ3) is 3.05. The lowest BCUT2D eigenvalue weighted by atomic mass is 10.3. The third-order valence-electron chi connectivity index (χ3n) is 2.22. The number of thiophene rings is 1. The van der Waals surface area contributed by atoms with Crippen molar-refractivity contribution in [3.63, 3.8) is 0 Å². The number of nitrogens with zero attached hydrogens (tertiary/aromatic N) is 1. The molecule has 1 heterocycles. The van der Waals surface area contributed by atoms with Crippen LogP contribution in [0.5, 0.6) is 0 Å². The molecular weight excluding hydrogens is 292 g/mol. The van der Waals surface area contributed by atoms with Crippen LogP contribution in [0.15, 0.2) is 38.5 Å². The number of halogens is 2. The summed E-state index contributed by atoms with van der Waals surface area (Å²) < 4.78 is 26.7. The maximum absolute atomic E-state index is 13.5. The molecular formula is C12H7F2NO2S2. The minimum absolute atomic E-state index is 0.0870. The van der Waals surface area contributed by atoms with Gasteiger partial charge in [-0.05, 0) is 30.3 Å². The van der Waals surface area contributed by atoms with Gasteiger partial charge in [-0.1, -0.05) is 11.8 Å². The second-order valence-corrected chi connectivity index (χ2v) is 5.97. The van der Waals surface area contributed by atoms with Crippen LogP contribution in [0.25, 0.3) is 0 Å². The van der Waals surface area contributed by atoms with Crippen molar-refractivity contribution in [1.82, 2.24) is 0 Å². The van der Waals surface area contributed by atoms with Crippen molar-refractivity contribution in [2.75, 3.05) is 0 Å². The monoisotopic (exact) mass is 299 g/mol. The number of carbonyl (C=O) groups is 1. The lowest BCUT2D eigenvalue weighted by Crippen LogP contribution is -1.83. The molecule has 0 saturated carbocycles. The second kappa shape index (κ2) is 5.58. The van der Waals surface area contributed by atoms with Crippen molar-refractivity contribution in [3.05, 3.63) is 45.7 Å². The molecule has 0 aliphatic rings. The van der Waals surface area contributed by atoms with Crippen LogP contribution in [0.4, 0.5) is 14.5 Å². The molecule has 2 aromatic rings. The summed E-state index contributed by atoms with van der Waals surface area (Å²) >= 11 is 2.00. The quantitative estimate of drug-likeness (QED) is 0.603. The standard InChI is InChI=1S/C12H7F2NO2S2/c1-6(16)11-5-9(15-17)12(19-11)18-10-3-2-7(13)4-8(10)14/h2-5H,1H3. The summed E-state index contributed by atoms with van der Waals surface area (Å²) in [6.45, 7) is 1.37. The first-order valence-electron chi connectivity index (χ1n) is 5.12. The van der Waals surface area contributed by atoms with Crippen LogP contribution in [0.3, 0.4) is 0 Å². The van der Waals surface area contributed by atoms with Crippen LogP contribution < -0.4 is 0 Å². The molecule has 0 fully saturated rings. The highest BCUT2D eigenvalue weighted by atomic mass is 32.2. The summed E-state index contributed by atoms with van der Waals surface area (Å²) in [4.78, 5) is 22.4. The summed E-state index contributed by atoms with van der Waals surface area (Å²) in [7, 11) is 0. The van der Waals surface area contributed by atoms with Crippen LogP contribution in [-0.2, 0) is 0 Å². The van der Waals surface area contributed by atoms with E-state index in [-0.39, 0.29) is 16.4 Å². The Morgan fingerprint density at radius 1 is 1.32 bits per heavy atom. The first kappa shape index (κ1) is 13.8. The average Bonchev–Trinajstić information content (AvgIpc) is 2.76. The van der Waals surface area contributed by atoms with E-state index in [0.29, 0.717) is 9.09 Å². The minimum Gasteiger partial charge on any atom is -0.294 e. The molecule has 1 aromatic heterocycles. The van der Waals surface area contributed by atoms with Crippen LogP contribution in [0.2, 0.25) is 0 Å². The number of nitroso groups, excluding NO2 is 1. The van der Waals surface area contributed by atoms with Gasteiger partial charge >= 0.3 is 0 Å². The highest BCUT2D eigenvalue weighted by Gasteiger charge is 2.15. The Labute approximate surface area is 115 Å². The van der Waals surface area contributed by atoms with E-state index in [1.165, 1.54) is 19.1 Å². The molecule has 0 unspecified atom stereocenters. The summed E-state index contributed by atoms with van der Waals surface area (Å²) in [6.07, 6.45) is 0. The van der Waals surface area contributed by atoms with E-state index in [9.17, 15) is 18.5 Å². The number of carbonyl (C=O) groups excluding carboxylic acids is 1. The van der Waals surface area contributed by atoms with Gasteiger partial charge in [0.25, 0.3) is 0 Å². The molecule has 0 N–H and O–H groups in total. The Bertz CT molecular complexity index is 655. The van der Waals surface area contributed by atoms with Crippen molar-refractivity contribution in [3.8, 4) is 0 Å². The molecule has 0 saturated heterocycles. The lowest BCUT2D eigenvalue weighted by Gasteiger charge is -2.01. The fraction of sp³-hybridized carbons (Fsp3) is 0.0833. The van der Waals surface area contributed by atoms with Gasteiger partial charge in [-0.3, -0.25) is 4.79 Å². The number of rotatable bonds is 4. The number of Topliss-reactive ketones (excluding diaryl/α,β-unsaturated/α-hetero) is 1. The summed E-state index contributed by atoms with van der Waals surface area (Å²) in [6, 6.07) is 4.52. The molecule has 0 aliphatic heterocycles. The van der Waals surface area contributed by atoms with Crippen LogP contribution in [-0.4, -0.2) is 5.78 Å². The number of hydrogen-bond donors (Lipinski definition) is 0. The Hall–Kier alpha value is -1.60. The minimum atomic E-state index is -0.723. The van der Waals surface area contributed by atoms with Crippen molar-refractivity contribution < 1.29 is 13.6 Å². The molecule has 0 bridgehead atoms. The van der Waals surface area contributed by atoms with Crippen molar-refractivity contribution in [2.45, 2.75) is 16.0 Å². The van der Waals surface area contributed by atoms with Gasteiger partial charge in [0, 0.05) is 11.0 Å². The van der Waals surface area contributed by atoms with E-state index >= 15 is 0 Å². The number of hydrogen-bond acceptors (Lipinski definition) is 5. The summed E-state index contributed by atoms with van der Waals surface area (Å²) in [5, 5.41) is 2.81. The van der Waals surface area contributed by atoms with E-state index in [4.69, 9.17) is 0 Å². The van der Waals surface area contributed by atoms with Gasteiger partial charge in [0.15, 0.2) is 5.78 Å². The van der Waals surface area contributed by atoms with E-state index in [1.54, 1.807) is 0 Å². The van der Waals surface area contributed by atoms with Gasteiger partial charge in [-0.25, -0.2) is 8.78 Å². The average molecular weight is 299 g/mol. The molecule has 0 radical (unpaired) electrons. The number of ketones is 1. The molecule has 98 valence electrons. The van der Waals surface area contributed by atoms with Gasteiger partial charge in [0.2, 0.25) is 0 Å². The zero-order chi connectivity index (χ0) is 14.0. The highest BCUT2D eigenvalue weighted by molar-refractivity contribution is 8.01. The Balaban J connectivity index is 2.37. The van der Waals surface area contributed by atoms with Crippen molar-refractivity contribution in [2.24, 2.45) is 5.18 Å². The van der Waals surface area contributed by atoms with Crippen molar-refractivity contribution >= 4 is 34.6 Å². The van der Waals surface area contributed by atoms with Crippen LogP contribution >= 0.6 is 23.1 Å². The second-order valence-electron chi connectivity index (χ2n) is 3.61. The SMILES string of the molecule is CC(=O)c1cc(N=O)c(Sc2ccc(F)cc2F)s1. The van der Waals surface area contributed by atoms with E-state index in [2.05, 4.69) is 5.18 Å². The molecule has 2 rings (SSSR count). The molecule has 0 atom stereocenters. The van der Waals surface area contributed by atoms with Crippen LogP contribution in [0, 0.1) is 16.5 Å². The normalized spacial score (nSPS) is 10.5. The highest BCUT2D eigenvalue weighted by Crippen LogP contribution is 2.42. The Morgan fingerprint density at radius 2 is 2.05 bits per heavy atom. The van der Waals surface area contributed by atoms with Crippen LogP contribution in [0.1, 0.15) is 16.6 Å². The zero-order valence-electron chi connectivity index (χ0n) is 9.65.